The summed E-state index contributed by atoms with van der Waals surface area (Å²) in [6.07, 6.45) is 1.72. The Balaban J connectivity index is 1.75. The molecule has 0 unspecified atom stereocenters. The van der Waals surface area contributed by atoms with Crippen molar-refractivity contribution in [3.05, 3.63) is 34.9 Å². The minimum Gasteiger partial charge on any atom is -0.497 e. The first kappa shape index (κ1) is 18.0. The SMILES string of the molecule is CCCc1n[nH]c(=S)n1CC(=O)NCCOc1ccc(OC)cc1. The van der Waals surface area contributed by atoms with Crippen LogP contribution in [0, 0.1) is 4.77 Å². The van der Waals surface area contributed by atoms with Gasteiger partial charge in [-0.25, -0.2) is 0 Å². The van der Waals surface area contributed by atoms with Crippen LogP contribution in [-0.2, 0) is 17.8 Å². The summed E-state index contributed by atoms with van der Waals surface area (Å²) in [4.78, 5) is 12.0. The van der Waals surface area contributed by atoms with Gasteiger partial charge in [0.05, 0.1) is 13.7 Å². The van der Waals surface area contributed by atoms with Crippen LogP contribution < -0.4 is 14.8 Å². The number of rotatable bonds is 9. The predicted octanol–water partition coefficient (Wildman–Crippen LogP) is 2.10. The summed E-state index contributed by atoms with van der Waals surface area (Å²) < 4.78 is 12.8. The molecule has 1 heterocycles. The molecule has 0 bridgehead atoms. The van der Waals surface area contributed by atoms with Crippen LogP contribution in [-0.4, -0.2) is 40.9 Å². The van der Waals surface area contributed by atoms with E-state index in [1.807, 2.05) is 24.3 Å². The lowest BCUT2D eigenvalue weighted by Crippen LogP contribution is -2.31. The van der Waals surface area contributed by atoms with E-state index >= 15 is 0 Å². The summed E-state index contributed by atoms with van der Waals surface area (Å²) in [5, 5.41) is 9.68. The third kappa shape index (κ3) is 5.09. The minimum absolute atomic E-state index is 0.122. The number of hydrogen-bond acceptors (Lipinski definition) is 5. The number of ether oxygens (including phenoxy) is 2. The third-order valence-electron chi connectivity index (χ3n) is 3.37. The van der Waals surface area contributed by atoms with E-state index in [0.29, 0.717) is 17.9 Å². The first-order valence-electron chi connectivity index (χ1n) is 7.81. The lowest BCUT2D eigenvalue weighted by molar-refractivity contribution is -0.121. The van der Waals surface area contributed by atoms with Gasteiger partial charge in [0.1, 0.15) is 30.5 Å². The van der Waals surface area contributed by atoms with Crippen LogP contribution >= 0.6 is 12.2 Å². The van der Waals surface area contributed by atoms with Gasteiger partial charge >= 0.3 is 0 Å². The number of benzene rings is 1. The molecule has 1 aromatic carbocycles. The van der Waals surface area contributed by atoms with E-state index < -0.39 is 0 Å². The molecule has 0 fully saturated rings. The fourth-order valence-electron chi connectivity index (χ4n) is 2.16. The Morgan fingerprint density at radius 3 is 2.71 bits per heavy atom. The summed E-state index contributed by atoms with van der Waals surface area (Å²) in [7, 11) is 1.61. The number of nitrogens with one attached hydrogen (secondary N) is 2. The maximum Gasteiger partial charge on any atom is 0.240 e. The van der Waals surface area contributed by atoms with Crippen LogP contribution in [0.5, 0.6) is 11.5 Å². The molecule has 2 aromatic rings. The molecule has 1 aromatic heterocycles. The molecule has 130 valence electrons. The standard InChI is InChI=1S/C16H22N4O3S/c1-3-4-14-18-19-16(24)20(14)11-15(21)17-9-10-23-13-7-5-12(22-2)6-8-13/h5-8H,3-4,9-11H2,1-2H3,(H,17,21)(H,19,24). The summed E-state index contributed by atoms with van der Waals surface area (Å²) in [5.74, 6) is 2.18. The molecule has 0 aliphatic rings. The Hall–Kier alpha value is -2.35. The number of aryl methyl sites for hydroxylation is 1. The molecular formula is C16H22N4O3S. The van der Waals surface area contributed by atoms with Crippen LogP contribution in [0.1, 0.15) is 19.2 Å². The molecule has 0 radical (unpaired) electrons. The molecule has 0 saturated carbocycles. The van der Waals surface area contributed by atoms with E-state index in [-0.39, 0.29) is 12.5 Å². The summed E-state index contributed by atoms with van der Waals surface area (Å²) in [6, 6.07) is 7.29. The van der Waals surface area contributed by atoms with Gasteiger partial charge < -0.3 is 14.8 Å². The van der Waals surface area contributed by atoms with Gasteiger partial charge in [-0.1, -0.05) is 6.92 Å². The predicted molar refractivity (Wildman–Crippen MR) is 92.9 cm³/mol. The highest BCUT2D eigenvalue weighted by Gasteiger charge is 2.09. The molecule has 0 atom stereocenters. The fraction of sp³-hybridized carbons (Fsp3) is 0.438. The number of aromatic amines is 1. The highest BCUT2D eigenvalue weighted by atomic mass is 32.1. The lowest BCUT2D eigenvalue weighted by Gasteiger charge is -2.09. The molecule has 24 heavy (non-hydrogen) atoms. The smallest absolute Gasteiger partial charge is 0.240 e. The average Bonchev–Trinajstić information content (AvgIpc) is 2.93. The van der Waals surface area contributed by atoms with Crippen molar-refractivity contribution in [2.75, 3.05) is 20.3 Å². The van der Waals surface area contributed by atoms with E-state index in [9.17, 15) is 4.79 Å². The van der Waals surface area contributed by atoms with Crippen molar-refractivity contribution >= 4 is 18.1 Å². The fourth-order valence-corrected chi connectivity index (χ4v) is 2.37. The maximum atomic E-state index is 12.0. The number of nitrogens with zero attached hydrogens (tertiary/aromatic N) is 2. The molecule has 0 spiro atoms. The van der Waals surface area contributed by atoms with Crippen LogP contribution in [0.3, 0.4) is 0 Å². The van der Waals surface area contributed by atoms with Crippen molar-refractivity contribution in [1.82, 2.24) is 20.1 Å². The van der Waals surface area contributed by atoms with Gasteiger partial charge in [0.2, 0.25) is 5.91 Å². The van der Waals surface area contributed by atoms with Gasteiger partial charge in [-0.2, -0.15) is 5.10 Å². The van der Waals surface area contributed by atoms with Crippen LogP contribution in [0.15, 0.2) is 24.3 Å². The first-order chi connectivity index (χ1) is 11.6. The number of hydrogen-bond donors (Lipinski definition) is 2. The minimum atomic E-state index is -0.122. The zero-order valence-corrected chi connectivity index (χ0v) is 14.7. The van der Waals surface area contributed by atoms with Crippen LogP contribution in [0.2, 0.25) is 0 Å². The van der Waals surface area contributed by atoms with E-state index in [1.165, 1.54) is 0 Å². The molecule has 2 N–H and O–H groups in total. The monoisotopic (exact) mass is 350 g/mol. The Morgan fingerprint density at radius 1 is 1.33 bits per heavy atom. The largest absolute Gasteiger partial charge is 0.497 e. The second kappa shape index (κ2) is 9.07. The topological polar surface area (TPSA) is 81.2 Å². The molecule has 1 amide bonds. The van der Waals surface area contributed by atoms with Gasteiger partial charge in [-0.05, 0) is 42.9 Å². The highest BCUT2D eigenvalue weighted by molar-refractivity contribution is 7.71. The Morgan fingerprint density at radius 2 is 2.04 bits per heavy atom. The second-order valence-electron chi connectivity index (χ2n) is 5.16. The number of methoxy groups -OCH3 is 1. The Kier molecular flexibility index (Phi) is 6.80. The number of aromatic nitrogens is 3. The lowest BCUT2D eigenvalue weighted by atomic mass is 10.3. The van der Waals surface area contributed by atoms with Crippen LogP contribution in [0.25, 0.3) is 0 Å². The molecule has 0 saturated heterocycles. The van der Waals surface area contributed by atoms with Gasteiger partial charge in [-0.15, -0.1) is 0 Å². The van der Waals surface area contributed by atoms with Crippen LogP contribution in [0.4, 0.5) is 0 Å². The highest BCUT2D eigenvalue weighted by Crippen LogP contribution is 2.16. The molecule has 2 rings (SSSR count). The van der Waals surface area contributed by atoms with Crippen molar-refractivity contribution in [2.45, 2.75) is 26.3 Å². The van der Waals surface area contributed by atoms with Gasteiger partial charge in [0.15, 0.2) is 4.77 Å². The zero-order valence-electron chi connectivity index (χ0n) is 13.9. The van der Waals surface area contributed by atoms with Crippen molar-refractivity contribution in [1.29, 1.82) is 0 Å². The average molecular weight is 350 g/mol. The van der Waals surface area contributed by atoms with E-state index in [0.717, 1.165) is 30.2 Å². The normalized spacial score (nSPS) is 10.4. The molecule has 0 aliphatic heterocycles. The number of carbonyl (C=O) groups is 1. The first-order valence-corrected chi connectivity index (χ1v) is 8.22. The third-order valence-corrected chi connectivity index (χ3v) is 3.68. The Labute approximate surface area is 146 Å². The van der Waals surface area contributed by atoms with Gasteiger partial charge in [0, 0.05) is 6.42 Å². The second-order valence-corrected chi connectivity index (χ2v) is 5.54. The van der Waals surface area contributed by atoms with Crippen molar-refractivity contribution in [3.8, 4) is 11.5 Å². The molecule has 8 heteroatoms. The van der Waals surface area contributed by atoms with E-state index in [4.69, 9.17) is 21.7 Å². The summed E-state index contributed by atoms with van der Waals surface area (Å²) in [5.41, 5.74) is 0. The summed E-state index contributed by atoms with van der Waals surface area (Å²) >= 11 is 5.16. The van der Waals surface area contributed by atoms with Crippen molar-refractivity contribution in [2.24, 2.45) is 0 Å². The van der Waals surface area contributed by atoms with Crippen molar-refractivity contribution < 1.29 is 14.3 Å². The molecular weight excluding hydrogens is 328 g/mol. The number of H-pyrrole nitrogens is 1. The van der Waals surface area contributed by atoms with Gasteiger partial charge in [0.25, 0.3) is 0 Å². The number of carbonyl (C=O) groups excluding carboxylic acids is 1. The molecule has 0 aliphatic carbocycles. The van der Waals surface area contributed by atoms with Crippen molar-refractivity contribution in [3.63, 3.8) is 0 Å². The van der Waals surface area contributed by atoms with E-state index in [1.54, 1.807) is 11.7 Å². The molecule has 7 nitrogen and oxygen atoms in total. The van der Waals surface area contributed by atoms with E-state index in [2.05, 4.69) is 22.4 Å². The number of amides is 1. The zero-order chi connectivity index (χ0) is 17.4. The Bertz CT molecular complexity index is 709. The quantitative estimate of drug-likeness (QED) is 0.535. The summed E-state index contributed by atoms with van der Waals surface area (Å²) in [6.45, 7) is 3.02. The van der Waals surface area contributed by atoms with Gasteiger partial charge in [-0.3, -0.25) is 14.5 Å². The maximum absolute atomic E-state index is 12.0.